The molecule has 0 spiro atoms. The summed E-state index contributed by atoms with van der Waals surface area (Å²) in [5, 5.41) is 12.4. The zero-order valence-corrected chi connectivity index (χ0v) is 9.53. The first-order valence-electron chi connectivity index (χ1n) is 5.40. The molecule has 1 aromatic heterocycles. The number of aliphatic hydroxyl groups excluding tert-OH is 1. The number of H-pyrrole nitrogens is 1. The molecule has 1 heterocycles. The Balaban J connectivity index is 2.35. The molecule has 1 amide bonds. The van der Waals surface area contributed by atoms with Crippen molar-refractivity contribution >= 4 is 22.5 Å². The van der Waals surface area contributed by atoms with Crippen LogP contribution in [0.15, 0.2) is 24.4 Å². The number of nitrogens with one attached hydrogen (secondary N) is 2. The summed E-state index contributed by atoms with van der Waals surface area (Å²) >= 11 is 0. The van der Waals surface area contributed by atoms with Crippen LogP contribution in [0.4, 0.5) is 5.69 Å². The standard InChI is InChI=1S/C12H15N3O2/c1-7(6-16)15-12(17)10-5-14-11-3-2-8(13)4-9(10)11/h2-5,7,14,16H,6,13H2,1H3,(H,15,17). The van der Waals surface area contributed by atoms with Crippen LogP contribution in [-0.2, 0) is 0 Å². The number of nitrogens with two attached hydrogens (primary N) is 1. The number of carbonyl (C=O) groups is 1. The SMILES string of the molecule is CC(CO)NC(=O)c1c[nH]c2ccc(N)cc12. The lowest BCUT2D eigenvalue weighted by molar-refractivity contribution is 0.0924. The second-order valence-electron chi connectivity index (χ2n) is 4.06. The van der Waals surface area contributed by atoms with E-state index in [1.54, 1.807) is 25.3 Å². The van der Waals surface area contributed by atoms with Crippen molar-refractivity contribution in [3.8, 4) is 0 Å². The highest BCUT2D eigenvalue weighted by atomic mass is 16.3. The van der Waals surface area contributed by atoms with Gasteiger partial charge in [0.2, 0.25) is 0 Å². The Kier molecular flexibility index (Phi) is 3.01. The quantitative estimate of drug-likeness (QED) is 0.592. The van der Waals surface area contributed by atoms with Crippen LogP contribution < -0.4 is 11.1 Å². The molecule has 0 aliphatic heterocycles. The van der Waals surface area contributed by atoms with Gasteiger partial charge in [-0.3, -0.25) is 4.79 Å². The molecule has 1 aromatic carbocycles. The maximum atomic E-state index is 11.9. The number of benzene rings is 1. The molecule has 0 radical (unpaired) electrons. The lowest BCUT2D eigenvalue weighted by Crippen LogP contribution is -2.34. The molecule has 1 atom stereocenters. The molecule has 0 aliphatic carbocycles. The largest absolute Gasteiger partial charge is 0.399 e. The van der Waals surface area contributed by atoms with Crippen molar-refractivity contribution in [2.75, 3.05) is 12.3 Å². The van der Waals surface area contributed by atoms with Crippen molar-refractivity contribution < 1.29 is 9.90 Å². The van der Waals surface area contributed by atoms with E-state index in [1.165, 1.54) is 0 Å². The predicted molar refractivity (Wildman–Crippen MR) is 66.7 cm³/mol. The zero-order chi connectivity index (χ0) is 12.4. The van der Waals surface area contributed by atoms with E-state index in [0.717, 1.165) is 10.9 Å². The number of carbonyl (C=O) groups excluding carboxylic acids is 1. The molecule has 0 saturated carbocycles. The van der Waals surface area contributed by atoms with Gasteiger partial charge in [-0.1, -0.05) is 0 Å². The first-order chi connectivity index (χ1) is 8.11. The lowest BCUT2D eigenvalue weighted by Gasteiger charge is -2.09. The molecule has 17 heavy (non-hydrogen) atoms. The van der Waals surface area contributed by atoms with Crippen molar-refractivity contribution in [2.24, 2.45) is 0 Å². The molecule has 0 bridgehead atoms. The summed E-state index contributed by atoms with van der Waals surface area (Å²) in [6.07, 6.45) is 1.64. The van der Waals surface area contributed by atoms with Crippen molar-refractivity contribution in [3.63, 3.8) is 0 Å². The van der Waals surface area contributed by atoms with Crippen LogP contribution in [0.1, 0.15) is 17.3 Å². The van der Waals surface area contributed by atoms with E-state index in [2.05, 4.69) is 10.3 Å². The third-order valence-electron chi connectivity index (χ3n) is 2.60. The van der Waals surface area contributed by atoms with Crippen LogP contribution in [0.5, 0.6) is 0 Å². The second-order valence-corrected chi connectivity index (χ2v) is 4.06. The highest BCUT2D eigenvalue weighted by Crippen LogP contribution is 2.20. The highest BCUT2D eigenvalue weighted by Gasteiger charge is 2.13. The van der Waals surface area contributed by atoms with Crippen molar-refractivity contribution in [1.29, 1.82) is 0 Å². The van der Waals surface area contributed by atoms with E-state index < -0.39 is 0 Å². The highest BCUT2D eigenvalue weighted by molar-refractivity contribution is 6.07. The number of aromatic amines is 1. The van der Waals surface area contributed by atoms with Gasteiger partial charge in [0.05, 0.1) is 12.2 Å². The predicted octanol–water partition coefficient (Wildman–Crippen LogP) is 0.861. The first-order valence-corrected chi connectivity index (χ1v) is 5.40. The van der Waals surface area contributed by atoms with Gasteiger partial charge < -0.3 is 21.1 Å². The Morgan fingerprint density at radius 3 is 3.06 bits per heavy atom. The molecule has 5 nitrogen and oxygen atoms in total. The molecule has 0 fully saturated rings. The van der Waals surface area contributed by atoms with Crippen LogP contribution in [-0.4, -0.2) is 28.6 Å². The van der Waals surface area contributed by atoms with Gasteiger partial charge >= 0.3 is 0 Å². The number of aliphatic hydroxyl groups is 1. The number of amides is 1. The monoisotopic (exact) mass is 233 g/mol. The maximum Gasteiger partial charge on any atom is 0.253 e. The summed E-state index contributed by atoms with van der Waals surface area (Å²) in [6, 6.07) is 5.09. The summed E-state index contributed by atoms with van der Waals surface area (Å²) in [7, 11) is 0. The minimum absolute atomic E-state index is 0.0871. The van der Waals surface area contributed by atoms with Gasteiger partial charge in [0, 0.05) is 28.8 Å². The zero-order valence-electron chi connectivity index (χ0n) is 9.53. The summed E-state index contributed by atoms with van der Waals surface area (Å²) in [6.45, 7) is 1.65. The third kappa shape index (κ3) is 2.24. The molecule has 0 saturated heterocycles. The molecule has 5 heteroatoms. The summed E-state index contributed by atoms with van der Waals surface area (Å²) < 4.78 is 0. The van der Waals surface area contributed by atoms with Crippen LogP contribution in [0.2, 0.25) is 0 Å². The van der Waals surface area contributed by atoms with E-state index in [4.69, 9.17) is 10.8 Å². The van der Waals surface area contributed by atoms with Crippen molar-refractivity contribution in [2.45, 2.75) is 13.0 Å². The Morgan fingerprint density at radius 2 is 2.35 bits per heavy atom. The third-order valence-corrected chi connectivity index (χ3v) is 2.60. The van der Waals surface area contributed by atoms with Gasteiger partial charge in [0.15, 0.2) is 0 Å². The average Bonchev–Trinajstić information content (AvgIpc) is 2.71. The lowest BCUT2D eigenvalue weighted by atomic mass is 10.1. The number of hydrogen-bond acceptors (Lipinski definition) is 3. The van der Waals surface area contributed by atoms with E-state index >= 15 is 0 Å². The van der Waals surface area contributed by atoms with Gasteiger partial charge in [-0.05, 0) is 25.1 Å². The maximum absolute atomic E-state index is 11.9. The van der Waals surface area contributed by atoms with E-state index in [1.807, 2.05) is 6.07 Å². The number of nitrogen functional groups attached to an aromatic ring is 1. The molecule has 2 aromatic rings. The minimum Gasteiger partial charge on any atom is -0.399 e. The number of aromatic nitrogens is 1. The fraction of sp³-hybridized carbons (Fsp3) is 0.250. The van der Waals surface area contributed by atoms with Gasteiger partial charge in [0.25, 0.3) is 5.91 Å². The van der Waals surface area contributed by atoms with Gasteiger partial charge in [-0.25, -0.2) is 0 Å². The Morgan fingerprint density at radius 1 is 1.59 bits per heavy atom. The first kappa shape index (κ1) is 11.5. The Labute approximate surface area is 98.6 Å². The van der Waals surface area contributed by atoms with Crippen LogP contribution in [0.3, 0.4) is 0 Å². The average molecular weight is 233 g/mol. The molecule has 0 aliphatic rings. The Hall–Kier alpha value is -2.01. The van der Waals surface area contributed by atoms with E-state index in [-0.39, 0.29) is 18.6 Å². The molecular weight excluding hydrogens is 218 g/mol. The number of anilines is 1. The fourth-order valence-electron chi connectivity index (χ4n) is 1.67. The van der Waals surface area contributed by atoms with Crippen molar-refractivity contribution in [1.82, 2.24) is 10.3 Å². The topological polar surface area (TPSA) is 91.1 Å². The smallest absolute Gasteiger partial charge is 0.253 e. The molecule has 90 valence electrons. The van der Waals surface area contributed by atoms with Crippen LogP contribution >= 0.6 is 0 Å². The number of rotatable bonds is 3. The van der Waals surface area contributed by atoms with Gasteiger partial charge in [-0.2, -0.15) is 0 Å². The summed E-state index contributed by atoms with van der Waals surface area (Å²) in [5.74, 6) is -0.219. The fourth-order valence-corrected chi connectivity index (χ4v) is 1.67. The van der Waals surface area contributed by atoms with Crippen LogP contribution in [0, 0.1) is 0 Å². The normalized spacial score (nSPS) is 12.6. The molecule has 1 unspecified atom stereocenters. The van der Waals surface area contributed by atoms with Crippen molar-refractivity contribution in [3.05, 3.63) is 30.0 Å². The summed E-state index contributed by atoms with van der Waals surface area (Å²) in [4.78, 5) is 14.9. The number of fused-ring (bicyclic) bond motifs is 1. The van der Waals surface area contributed by atoms with Crippen LogP contribution in [0.25, 0.3) is 10.9 Å². The summed E-state index contributed by atoms with van der Waals surface area (Å²) in [5.41, 5.74) is 7.70. The van der Waals surface area contributed by atoms with Gasteiger partial charge in [-0.15, -0.1) is 0 Å². The van der Waals surface area contributed by atoms with Gasteiger partial charge in [0.1, 0.15) is 0 Å². The Bertz CT molecular complexity index is 548. The molecular formula is C12H15N3O2. The minimum atomic E-state index is -0.270. The number of hydrogen-bond donors (Lipinski definition) is 4. The van der Waals surface area contributed by atoms with E-state index in [9.17, 15) is 4.79 Å². The molecule has 2 rings (SSSR count). The second kappa shape index (κ2) is 4.47. The molecule has 5 N–H and O–H groups in total. The van der Waals surface area contributed by atoms with E-state index in [0.29, 0.717) is 11.3 Å².